The maximum absolute atomic E-state index is 3.58. The van der Waals surface area contributed by atoms with E-state index >= 15 is 0 Å². The van der Waals surface area contributed by atoms with Gasteiger partial charge in [0.05, 0.1) is 0 Å². The number of likely N-dealkylation sites (N-methyl/N-ethyl adjacent to an activating group) is 1. The summed E-state index contributed by atoms with van der Waals surface area (Å²) in [7, 11) is 0. The summed E-state index contributed by atoms with van der Waals surface area (Å²) >= 11 is 0. The summed E-state index contributed by atoms with van der Waals surface area (Å²) in [6.45, 7) is 19.5. The summed E-state index contributed by atoms with van der Waals surface area (Å²) in [6.07, 6.45) is 4.01. The second kappa shape index (κ2) is 12.9. The molecule has 0 amide bonds. The van der Waals surface area contributed by atoms with Gasteiger partial charge in [0, 0.05) is 32.2 Å². The van der Waals surface area contributed by atoms with Crippen LogP contribution in [0.2, 0.25) is 0 Å². The smallest absolute Gasteiger partial charge is 0.0110 e. The number of unbranched alkanes of at least 4 members (excludes halogenated alkanes) is 2. The van der Waals surface area contributed by atoms with Crippen molar-refractivity contribution >= 4 is 0 Å². The van der Waals surface area contributed by atoms with E-state index in [4.69, 9.17) is 0 Å². The van der Waals surface area contributed by atoms with E-state index in [1.165, 1.54) is 38.9 Å². The van der Waals surface area contributed by atoms with Gasteiger partial charge in [-0.2, -0.15) is 0 Å². The number of rotatable bonds is 13. The molecule has 0 spiro atoms. The number of nitrogens with zero attached hydrogens (tertiary/aromatic N) is 2. The molecule has 0 unspecified atom stereocenters. The molecule has 0 aromatic carbocycles. The van der Waals surface area contributed by atoms with Crippen LogP contribution < -0.4 is 5.32 Å². The van der Waals surface area contributed by atoms with E-state index < -0.39 is 0 Å². The van der Waals surface area contributed by atoms with Gasteiger partial charge in [-0.05, 0) is 39.9 Å². The molecule has 0 aliphatic carbocycles. The maximum atomic E-state index is 3.58. The van der Waals surface area contributed by atoms with Crippen LogP contribution in [-0.2, 0) is 0 Å². The first-order valence-electron chi connectivity index (χ1n) is 8.32. The van der Waals surface area contributed by atoms with Crippen LogP contribution in [0.15, 0.2) is 0 Å². The van der Waals surface area contributed by atoms with E-state index in [-0.39, 0.29) is 0 Å². The zero-order valence-electron chi connectivity index (χ0n) is 14.0. The highest BCUT2D eigenvalue weighted by Gasteiger charge is 2.08. The van der Waals surface area contributed by atoms with Crippen molar-refractivity contribution in [1.29, 1.82) is 0 Å². The van der Waals surface area contributed by atoms with E-state index in [1.54, 1.807) is 0 Å². The lowest BCUT2D eigenvalue weighted by atomic mass is 10.2. The van der Waals surface area contributed by atoms with Crippen molar-refractivity contribution in [2.24, 2.45) is 0 Å². The Morgan fingerprint density at radius 1 is 0.842 bits per heavy atom. The normalized spacial score (nSPS) is 12.0. The predicted molar refractivity (Wildman–Crippen MR) is 86.9 cm³/mol. The SMILES string of the molecule is CCCCCN(CCNCCN(CC)CC)C(C)C. The molecule has 0 aliphatic heterocycles. The third-order valence-corrected chi connectivity index (χ3v) is 3.85. The van der Waals surface area contributed by atoms with E-state index in [2.05, 4.69) is 49.7 Å². The molecule has 0 saturated heterocycles. The number of nitrogens with one attached hydrogen (secondary N) is 1. The number of hydrogen-bond donors (Lipinski definition) is 1. The minimum atomic E-state index is 0.668. The molecule has 0 rings (SSSR count). The van der Waals surface area contributed by atoms with Crippen LogP contribution in [0.1, 0.15) is 53.9 Å². The summed E-state index contributed by atoms with van der Waals surface area (Å²) in [5.41, 5.74) is 0. The Morgan fingerprint density at radius 2 is 1.47 bits per heavy atom. The Kier molecular flexibility index (Phi) is 12.8. The minimum absolute atomic E-state index is 0.668. The fourth-order valence-corrected chi connectivity index (χ4v) is 2.32. The summed E-state index contributed by atoms with van der Waals surface area (Å²) in [5, 5.41) is 3.58. The highest BCUT2D eigenvalue weighted by Crippen LogP contribution is 2.02. The maximum Gasteiger partial charge on any atom is 0.0110 e. The molecular formula is C16H37N3. The van der Waals surface area contributed by atoms with Crippen molar-refractivity contribution in [3.8, 4) is 0 Å². The van der Waals surface area contributed by atoms with Crippen LogP contribution in [0.4, 0.5) is 0 Å². The van der Waals surface area contributed by atoms with Gasteiger partial charge in [0.2, 0.25) is 0 Å². The van der Waals surface area contributed by atoms with E-state index in [1.807, 2.05) is 0 Å². The molecule has 116 valence electrons. The first kappa shape index (κ1) is 18.9. The second-order valence-electron chi connectivity index (χ2n) is 5.61. The lowest BCUT2D eigenvalue weighted by Crippen LogP contribution is -2.39. The van der Waals surface area contributed by atoms with Gasteiger partial charge in [-0.3, -0.25) is 4.90 Å². The van der Waals surface area contributed by atoms with Crippen LogP contribution in [0.3, 0.4) is 0 Å². The fraction of sp³-hybridized carbons (Fsp3) is 1.00. The molecule has 0 atom stereocenters. The fourth-order valence-electron chi connectivity index (χ4n) is 2.32. The molecule has 0 saturated carbocycles. The predicted octanol–water partition coefficient (Wildman–Crippen LogP) is 2.82. The molecule has 0 radical (unpaired) electrons. The average molecular weight is 271 g/mol. The average Bonchev–Trinajstić information content (AvgIpc) is 2.40. The largest absolute Gasteiger partial charge is 0.314 e. The van der Waals surface area contributed by atoms with Crippen molar-refractivity contribution in [1.82, 2.24) is 15.1 Å². The van der Waals surface area contributed by atoms with Crippen molar-refractivity contribution in [2.75, 3.05) is 45.8 Å². The Balaban J connectivity index is 3.63. The molecule has 0 fully saturated rings. The summed E-state index contributed by atoms with van der Waals surface area (Å²) < 4.78 is 0. The van der Waals surface area contributed by atoms with E-state index in [0.29, 0.717) is 6.04 Å². The quantitative estimate of drug-likeness (QED) is 0.520. The van der Waals surface area contributed by atoms with E-state index in [9.17, 15) is 0 Å². The molecule has 0 aromatic rings. The molecule has 0 heterocycles. The zero-order valence-corrected chi connectivity index (χ0v) is 14.0. The van der Waals surface area contributed by atoms with Crippen LogP contribution in [0, 0.1) is 0 Å². The van der Waals surface area contributed by atoms with Crippen LogP contribution in [-0.4, -0.2) is 61.7 Å². The molecular weight excluding hydrogens is 234 g/mol. The summed E-state index contributed by atoms with van der Waals surface area (Å²) in [6, 6.07) is 0.668. The van der Waals surface area contributed by atoms with Gasteiger partial charge in [-0.25, -0.2) is 0 Å². The highest BCUT2D eigenvalue weighted by atomic mass is 15.2. The lowest BCUT2D eigenvalue weighted by Gasteiger charge is -2.27. The summed E-state index contributed by atoms with van der Waals surface area (Å²) in [4.78, 5) is 5.06. The highest BCUT2D eigenvalue weighted by molar-refractivity contribution is 4.65. The number of hydrogen-bond acceptors (Lipinski definition) is 3. The molecule has 0 aliphatic rings. The third kappa shape index (κ3) is 10.3. The third-order valence-electron chi connectivity index (χ3n) is 3.85. The van der Waals surface area contributed by atoms with Crippen molar-refractivity contribution in [2.45, 2.75) is 59.9 Å². The van der Waals surface area contributed by atoms with Crippen molar-refractivity contribution in [3.63, 3.8) is 0 Å². The lowest BCUT2D eigenvalue weighted by molar-refractivity contribution is 0.215. The molecule has 1 N–H and O–H groups in total. The van der Waals surface area contributed by atoms with Gasteiger partial charge in [-0.1, -0.05) is 33.6 Å². The van der Waals surface area contributed by atoms with Crippen LogP contribution >= 0.6 is 0 Å². The molecule has 3 nitrogen and oxygen atoms in total. The van der Waals surface area contributed by atoms with Crippen molar-refractivity contribution < 1.29 is 0 Å². The zero-order chi connectivity index (χ0) is 14.5. The van der Waals surface area contributed by atoms with E-state index in [0.717, 1.165) is 26.2 Å². The Morgan fingerprint density at radius 3 is 2.00 bits per heavy atom. The molecule has 3 heteroatoms. The second-order valence-corrected chi connectivity index (χ2v) is 5.61. The minimum Gasteiger partial charge on any atom is -0.314 e. The molecule has 0 aromatic heterocycles. The van der Waals surface area contributed by atoms with Crippen LogP contribution in [0.5, 0.6) is 0 Å². The van der Waals surface area contributed by atoms with Gasteiger partial charge < -0.3 is 10.2 Å². The van der Waals surface area contributed by atoms with Gasteiger partial charge >= 0.3 is 0 Å². The van der Waals surface area contributed by atoms with Gasteiger partial charge in [0.1, 0.15) is 0 Å². The molecule has 19 heavy (non-hydrogen) atoms. The Hall–Kier alpha value is -0.120. The van der Waals surface area contributed by atoms with Gasteiger partial charge in [0.25, 0.3) is 0 Å². The van der Waals surface area contributed by atoms with Crippen LogP contribution in [0.25, 0.3) is 0 Å². The van der Waals surface area contributed by atoms with Gasteiger partial charge in [-0.15, -0.1) is 0 Å². The standard InChI is InChI=1S/C16H37N3/c1-6-9-10-13-19(16(4)5)15-12-17-11-14-18(7-2)8-3/h16-17H,6-15H2,1-5H3. The summed E-state index contributed by atoms with van der Waals surface area (Å²) in [5.74, 6) is 0. The first-order chi connectivity index (χ1) is 9.15. The Bertz CT molecular complexity index is 179. The van der Waals surface area contributed by atoms with Gasteiger partial charge in [0.15, 0.2) is 0 Å². The van der Waals surface area contributed by atoms with Crippen molar-refractivity contribution in [3.05, 3.63) is 0 Å². The monoisotopic (exact) mass is 271 g/mol. The Labute approximate surface area is 121 Å². The first-order valence-corrected chi connectivity index (χ1v) is 8.32. The molecule has 0 bridgehead atoms. The topological polar surface area (TPSA) is 18.5 Å².